The number of likely N-dealkylation sites (N-methyl/N-ethyl adjacent to an activating group) is 1. The van der Waals surface area contributed by atoms with Crippen LogP contribution in [0.1, 0.15) is 5.56 Å². The van der Waals surface area contributed by atoms with Crippen molar-refractivity contribution in [1.29, 1.82) is 0 Å². The summed E-state index contributed by atoms with van der Waals surface area (Å²) in [6, 6.07) is 15.9. The van der Waals surface area contributed by atoms with Gasteiger partial charge in [-0.1, -0.05) is 53.5 Å². The molecule has 0 saturated carbocycles. The molecule has 0 fully saturated rings. The lowest BCUT2D eigenvalue weighted by Gasteiger charge is -2.17. The summed E-state index contributed by atoms with van der Waals surface area (Å²) in [6.45, 7) is 2.72. The summed E-state index contributed by atoms with van der Waals surface area (Å²) in [5, 5.41) is 4.63. The second-order valence-corrected chi connectivity index (χ2v) is 5.62. The van der Waals surface area contributed by atoms with E-state index in [1.165, 1.54) is 5.56 Å². The van der Waals surface area contributed by atoms with E-state index in [2.05, 4.69) is 41.5 Å². The lowest BCUT2D eigenvalue weighted by atomic mass is 10.2. The van der Waals surface area contributed by atoms with Gasteiger partial charge in [0.1, 0.15) is 0 Å². The van der Waals surface area contributed by atoms with Crippen LogP contribution in [0.15, 0.2) is 48.5 Å². The minimum atomic E-state index is 0.654. The van der Waals surface area contributed by atoms with Crippen LogP contribution in [0.4, 0.5) is 5.69 Å². The molecule has 0 aliphatic heterocycles. The number of hydrogen-bond donors (Lipinski definition) is 1. The summed E-state index contributed by atoms with van der Waals surface area (Å²) in [4.78, 5) is 2.27. The van der Waals surface area contributed by atoms with Gasteiger partial charge < -0.3 is 10.2 Å². The number of nitrogens with zero attached hydrogens (tertiary/aromatic N) is 1. The van der Waals surface area contributed by atoms with Gasteiger partial charge in [0, 0.05) is 24.7 Å². The number of benzene rings is 2. The fourth-order valence-corrected chi connectivity index (χ4v) is 2.46. The molecular formula is C16H18Cl2N2. The second kappa shape index (κ2) is 7.53. The molecule has 0 aromatic heterocycles. The fourth-order valence-electron chi connectivity index (χ4n) is 1.99. The highest BCUT2D eigenvalue weighted by Gasteiger charge is 2.02. The zero-order chi connectivity index (χ0) is 14.4. The van der Waals surface area contributed by atoms with Crippen molar-refractivity contribution < 1.29 is 0 Å². The molecule has 0 heterocycles. The van der Waals surface area contributed by atoms with Crippen LogP contribution in [-0.4, -0.2) is 25.0 Å². The Balaban J connectivity index is 1.78. The highest BCUT2D eigenvalue weighted by Crippen LogP contribution is 2.25. The molecule has 4 heteroatoms. The van der Waals surface area contributed by atoms with Crippen molar-refractivity contribution in [2.75, 3.05) is 25.5 Å². The molecule has 0 aliphatic carbocycles. The molecule has 0 aliphatic rings. The molecule has 106 valence electrons. The van der Waals surface area contributed by atoms with E-state index in [-0.39, 0.29) is 0 Å². The van der Waals surface area contributed by atoms with E-state index in [0.717, 1.165) is 25.3 Å². The van der Waals surface area contributed by atoms with Crippen LogP contribution in [0.25, 0.3) is 0 Å². The van der Waals surface area contributed by atoms with E-state index in [1.54, 1.807) is 6.07 Å². The van der Waals surface area contributed by atoms with E-state index in [9.17, 15) is 0 Å². The fraction of sp³-hybridized carbons (Fsp3) is 0.250. The van der Waals surface area contributed by atoms with Gasteiger partial charge in [-0.2, -0.15) is 0 Å². The minimum Gasteiger partial charge on any atom is -0.383 e. The summed E-state index contributed by atoms with van der Waals surface area (Å²) in [6.07, 6.45) is 0. The number of nitrogens with one attached hydrogen (secondary N) is 1. The van der Waals surface area contributed by atoms with Gasteiger partial charge in [-0.3, -0.25) is 0 Å². The number of hydrogen-bond acceptors (Lipinski definition) is 2. The molecule has 2 nitrogen and oxygen atoms in total. The van der Waals surface area contributed by atoms with Gasteiger partial charge in [-0.05, 0) is 30.8 Å². The first-order valence-electron chi connectivity index (χ1n) is 6.56. The standard InChI is InChI=1S/C16H18Cl2N2/c1-20(12-13-5-3-2-4-6-13)10-9-19-16-8-7-14(17)11-15(16)18/h2-8,11,19H,9-10,12H2,1H3. The number of rotatable bonds is 6. The maximum absolute atomic E-state index is 6.11. The lowest BCUT2D eigenvalue weighted by molar-refractivity contribution is 0.340. The van der Waals surface area contributed by atoms with Crippen LogP contribution in [0.3, 0.4) is 0 Å². The van der Waals surface area contributed by atoms with Crippen LogP contribution in [-0.2, 0) is 6.54 Å². The molecule has 20 heavy (non-hydrogen) atoms. The van der Waals surface area contributed by atoms with E-state index in [1.807, 2.05) is 18.2 Å². The number of anilines is 1. The molecule has 0 radical (unpaired) electrons. The topological polar surface area (TPSA) is 15.3 Å². The largest absolute Gasteiger partial charge is 0.383 e. The van der Waals surface area contributed by atoms with Crippen LogP contribution in [0.5, 0.6) is 0 Å². The maximum Gasteiger partial charge on any atom is 0.0652 e. The normalized spacial score (nSPS) is 10.8. The lowest BCUT2D eigenvalue weighted by Crippen LogP contribution is -2.24. The average molecular weight is 309 g/mol. The maximum atomic E-state index is 6.11. The van der Waals surface area contributed by atoms with Gasteiger partial charge in [0.2, 0.25) is 0 Å². The second-order valence-electron chi connectivity index (χ2n) is 4.77. The van der Waals surface area contributed by atoms with E-state index in [0.29, 0.717) is 10.0 Å². The third-order valence-electron chi connectivity index (χ3n) is 3.04. The van der Waals surface area contributed by atoms with Crippen LogP contribution < -0.4 is 5.32 Å². The Morgan fingerprint density at radius 2 is 1.80 bits per heavy atom. The summed E-state index contributed by atoms with van der Waals surface area (Å²) >= 11 is 12.0. The Kier molecular flexibility index (Phi) is 5.72. The van der Waals surface area contributed by atoms with Crippen molar-refractivity contribution in [3.63, 3.8) is 0 Å². The van der Waals surface area contributed by atoms with Crippen LogP contribution >= 0.6 is 23.2 Å². The summed E-state index contributed by atoms with van der Waals surface area (Å²) in [5.41, 5.74) is 2.24. The third kappa shape index (κ3) is 4.71. The van der Waals surface area contributed by atoms with Gasteiger partial charge in [0.05, 0.1) is 10.7 Å². The zero-order valence-electron chi connectivity index (χ0n) is 11.4. The van der Waals surface area contributed by atoms with Gasteiger partial charge in [-0.15, -0.1) is 0 Å². The monoisotopic (exact) mass is 308 g/mol. The van der Waals surface area contributed by atoms with Crippen molar-refractivity contribution in [2.45, 2.75) is 6.54 Å². The predicted octanol–water partition coefficient (Wildman–Crippen LogP) is 4.54. The van der Waals surface area contributed by atoms with Crippen LogP contribution in [0, 0.1) is 0 Å². The molecule has 2 aromatic rings. The quantitative estimate of drug-likeness (QED) is 0.843. The van der Waals surface area contributed by atoms with Crippen molar-refractivity contribution in [1.82, 2.24) is 4.90 Å². The Hall–Kier alpha value is -1.22. The molecule has 0 unspecified atom stereocenters. The van der Waals surface area contributed by atoms with E-state index >= 15 is 0 Å². The highest BCUT2D eigenvalue weighted by atomic mass is 35.5. The van der Waals surface area contributed by atoms with Crippen molar-refractivity contribution in [3.05, 3.63) is 64.1 Å². The Bertz CT molecular complexity index is 543. The molecular weight excluding hydrogens is 291 g/mol. The van der Waals surface area contributed by atoms with E-state index < -0.39 is 0 Å². The van der Waals surface area contributed by atoms with Gasteiger partial charge in [0.15, 0.2) is 0 Å². The smallest absolute Gasteiger partial charge is 0.0652 e. The van der Waals surface area contributed by atoms with Crippen molar-refractivity contribution >= 4 is 28.9 Å². The molecule has 0 amide bonds. The first-order chi connectivity index (χ1) is 9.65. The van der Waals surface area contributed by atoms with E-state index in [4.69, 9.17) is 23.2 Å². The van der Waals surface area contributed by atoms with Gasteiger partial charge in [0.25, 0.3) is 0 Å². The molecule has 2 rings (SSSR count). The number of halogens is 2. The third-order valence-corrected chi connectivity index (χ3v) is 3.58. The Morgan fingerprint density at radius 1 is 1.05 bits per heavy atom. The first kappa shape index (κ1) is 15.2. The van der Waals surface area contributed by atoms with Gasteiger partial charge >= 0.3 is 0 Å². The molecule has 1 N–H and O–H groups in total. The molecule has 0 saturated heterocycles. The molecule has 0 atom stereocenters. The Labute approximate surface area is 130 Å². The highest BCUT2D eigenvalue weighted by molar-refractivity contribution is 6.36. The predicted molar refractivity (Wildman–Crippen MR) is 87.7 cm³/mol. The SMILES string of the molecule is CN(CCNc1ccc(Cl)cc1Cl)Cc1ccccc1. The van der Waals surface area contributed by atoms with Crippen molar-refractivity contribution in [3.8, 4) is 0 Å². The summed E-state index contributed by atoms with van der Waals surface area (Å²) < 4.78 is 0. The minimum absolute atomic E-state index is 0.654. The molecule has 2 aromatic carbocycles. The summed E-state index contributed by atoms with van der Waals surface area (Å²) in [5.74, 6) is 0. The first-order valence-corrected chi connectivity index (χ1v) is 7.32. The average Bonchev–Trinajstić information content (AvgIpc) is 2.42. The van der Waals surface area contributed by atoms with Gasteiger partial charge in [-0.25, -0.2) is 0 Å². The Morgan fingerprint density at radius 3 is 2.50 bits per heavy atom. The van der Waals surface area contributed by atoms with Crippen molar-refractivity contribution in [2.24, 2.45) is 0 Å². The molecule has 0 bridgehead atoms. The van der Waals surface area contributed by atoms with Crippen LogP contribution in [0.2, 0.25) is 10.0 Å². The molecule has 0 spiro atoms. The summed E-state index contributed by atoms with van der Waals surface area (Å²) in [7, 11) is 2.11. The zero-order valence-corrected chi connectivity index (χ0v) is 13.0.